The van der Waals surface area contributed by atoms with E-state index < -0.39 is 27.9 Å². The molecule has 0 heterocycles. The number of carboxylic acids is 1. The van der Waals surface area contributed by atoms with E-state index in [9.17, 15) is 17.6 Å². The van der Waals surface area contributed by atoms with Crippen molar-refractivity contribution in [3.63, 3.8) is 0 Å². The van der Waals surface area contributed by atoms with Gasteiger partial charge >= 0.3 is 5.97 Å². The van der Waals surface area contributed by atoms with Gasteiger partial charge in [-0.2, -0.15) is 4.72 Å². The molecule has 1 unspecified atom stereocenters. The van der Waals surface area contributed by atoms with Crippen LogP contribution in [-0.4, -0.2) is 39.3 Å². The van der Waals surface area contributed by atoms with Crippen molar-refractivity contribution in [2.45, 2.75) is 17.4 Å². The van der Waals surface area contributed by atoms with E-state index in [0.717, 1.165) is 12.1 Å². The SMILES string of the molecule is COCCC(NS(=O)(=O)c1cccc(F)c1)C(=O)O. The molecule has 0 aliphatic carbocycles. The van der Waals surface area contributed by atoms with Gasteiger partial charge in [0.1, 0.15) is 11.9 Å². The molecule has 6 nitrogen and oxygen atoms in total. The number of ether oxygens (including phenoxy) is 1. The molecular formula is C11H14FNO5S. The van der Waals surface area contributed by atoms with Gasteiger partial charge < -0.3 is 9.84 Å². The largest absolute Gasteiger partial charge is 0.480 e. The number of carboxylic acid groups (broad SMARTS) is 1. The lowest BCUT2D eigenvalue weighted by atomic mass is 10.2. The topological polar surface area (TPSA) is 92.7 Å². The lowest BCUT2D eigenvalue weighted by Crippen LogP contribution is -2.41. The zero-order chi connectivity index (χ0) is 14.5. The van der Waals surface area contributed by atoms with Gasteiger partial charge in [0, 0.05) is 13.7 Å². The number of halogens is 1. The first-order valence-electron chi connectivity index (χ1n) is 5.36. The maximum absolute atomic E-state index is 13.0. The maximum Gasteiger partial charge on any atom is 0.321 e. The maximum atomic E-state index is 13.0. The average molecular weight is 291 g/mol. The lowest BCUT2D eigenvalue weighted by Gasteiger charge is -2.14. The highest BCUT2D eigenvalue weighted by Gasteiger charge is 2.25. The first kappa shape index (κ1) is 15.5. The Bertz CT molecular complexity index is 546. The number of hydrogen-bond donors (Lipinski definition) is 2. The van der Waals surface area contributed by atoms with E-state index in [-0.39, 0.29) is 17.9 Å². The van der Waals surface area contributed by atoms with Crippen LogP contribution in [0.15, 0.2) is 29.2 Å². The van der Waals surface area contributed by atoms with Crippen molar-refractivity contribution in [2.24, 2.45) is 0 Å². The van der Waals surface area contributed by atoms with Crippen molar-refractivity contribution < 1.29 is 27.4 Å². The normalized spacial score (nSPS) is 13.2. The summed E-state index contributed by atoms with van der Waals surface area (Å²) in [6, 6.07) is 3.00. The third-order valence-electron chi connectivity index (χ3n) is 2.31. The van der Waals surface area contributed by atoms with Crippen LogP contribution in [0.1, 0.15) is 6.42 Å². The van der Waals surface area contributed by atoms with E-state index in [1.807, 2.05) is 4.72 Å². The molecule has 1 atom stereocenters. The second-order valence-electron chi connectivity index (χ2n) is 3.75. The predicted octanol–water partition coefficient (Wildman–Crippen LogP) is 0.594. The van der Waals surface area contributed by atoms with Crippen molar-refractivity contribution >= 4 is 16.0 Å². The van der Waals surface area contributed by atoms with Crippen LogP contribution in [0, 0.1) is 5.82 Å². The molecule has 106 valence electrons. The number of methoxy groups -OCH3 is 1. The quantitative estimate of drug-likeness (QED) is 0.767. The van der Waals surface area contributed by atoms with E-state index in [0.29, 0.717) is 0 Å². The number of rotatable bonds is 7. The van der Waals surface area contributed by atoms with Gasteiger partial charge in [-0.3, -0.25) is 4.79 Å². The summed E-state index contributed by atoms with van der Waals surface area (Å²) in [5, 5.41) is 8.91. The number of benzene rings is 1. The van der Waals surface area contributed by atoms with Crippen LogP contribution in [0.25, 0.3) is 0 Å². The van der Waals surface area contributed by atoms with Gasteiger partial charge in [-0.1, -0.05) is 6.07 Å². The van der Waals surface area contributed by atoms with Crippen molar-refractivity contribution in [2.75, 3.05) is 13.7 Å². The molecule has 8 heteroatoms. The van der Waals surface area contributed by atoms with Crippen molar-refractivity contribution in [3.05, 3.63) is 30.1 Å². The fourth-order valence-electron chi connectivity index (χ4n) is 1.36. The summed E-state index contributed by atoms with van der Waals surface area (Å²) in [5.41, 5.74) is 0. The molecule has 0 saturated carbocycles. The lowest BCUT2D eigenvalue weighted by molar-refractivity contribution is -0.139. The Morgan fingerprint density at radius 1 is 1.53 bits per heavy atom. The summed E-state index contributed by atoms with van der Waals surface area (Å²) in [6.45, 7) is 0.0859. The number of hydrogen-bond acceptors (Lipinski definition) is 4. The van der Waals surface area contributed by atoms with Gasteiger partial charge in [0.2, 0.25) is 10.0 Å². The Hall–Kier alpha value is -1.51. The summed E-state index contributed by atoms with van der Waals surface area (Å²) in [5.74, 6) is -2.04. The van der Waals surface area contributed by atoms with Gasteiger partial charge in [0.15, 0.2) is 0 Å². The third kappa shape index (κ3) is 4.58. The Kier molecular flexibility index (Phi) is 5.40. The first-order valence-corrected chi connectivity index (χ1v) is 6.85. The molecule has 0 saturated heterocycles. The number of sulfonamides is 1. The molecule has 1 aromatic rings. The molecule has 0 fully saturated rings. The fourth-order valence-corrected chi connectivity index (χ4v) is 2.61. The monoisotopic (exact) mass is 291 g/mol. The van der Waals surface area contributed by atoms with Gasteiger partial charge in [-0.15, -0.1) is 0 Å². The van der Waals surface area contributed by atoms with E-state index in [4.69, 9.17) is 9.84 Å². The summed E-state index contributed by atoms with van der Waals surface area (Å²) in [6.07, 6.45) is -0.0274. The van der Waals surface area contributed by atoms with Crippen LogP contribution in [0.3, 0.4) is 0 Å². The second kappa shape index (κ2) is 6.60. The summed E-state index contributed by atoms with van der Waals surface area (Å²) in [7, 11) is -2.71. The highest BCUT2D eigenvalue weighted by molar-refractivity contribution is 7.89. The summed E-state index contributed by atoms with van der Waals surface area (Å²) in [4.78, 5) is 10.6. The van der Waals surface area contributed by atoms with E-state index in [1.54, 1.807) is 0 Å². The molecule has 0 aromatic heterocycles. The van der Waals surface area contributed by atoms with Gasteiger partial charge in [0.05, 0.1) is 4.90 Å². The molecule has 0 amide bonds. The average Bonchev–Trinajstić information content (AvgIpc) is 2.34. The summed E-state index contributed by atoms with van der Waals surface area (Å²) >= 11 is 0. The highest BCUT2D eigenvalue weighted by Crippen LogP contribution is 2.11. The molecule has 0 aliphatic heterocycles. The van der Waals surface area contributed by atoms with Crippen LogP contribution in [0.5, 0.6) is 0 Å². The molecule has 0 bridgehead atoms. The molecule has 1 rings (SSSR count). The summed E-state index contributed by atoms with van der Waals surface area (Å²) < 4.78 is 43.4. The van der Waals surface area contributed by atoms with Crippen molar-refractivity contribution in [3.8, 4) is 0 Å². The molecule has 0 spiro atoms. The molecule has 1 aromatic carbocycles. The van der Waals surface area contributed by atoms with Gasteiger partial charge in [-0.25, -0.2) is 12.8 Å². The van der Waals surface area contributed by atoms with E-state index in [2.05, 4.69) is 0 Å². The number of carbonyl (C=O) groups is 1. The Morgan fingerprint density at radius 2 is 2.21 bits per heavy atom. The van der Waals surface area contributed by atoms with Crippen LogP contribution >= 0.6 is 0 Å². The zero-order valence-corrected chi connectivity index (χ0v) is 11.0. The fraction of sp³-hybridized carbons (Fsp3) is 0.364. The molecule has 2 N–H and O–H groups in total. The molecule has 19 heavy (non-hydrogen) atoms. The Morgan fingerprint density at radius 3 is 2.74 bits per heavy atom. The highest BCUT2D eigenvalue weighted by atomic mass is 32.2. The molecule has 0 radical (unpaired) electrons. The van der Waals surface area contributed by atoms with Crippen LogP contribution in [0.4, 0.5) is 4.39 Å². The minimum absolute atomic E-state index is 0.0274. The van der Waals surface area contributed by atoms with Crippen molar-refractivity contribution in [1.29, 1.82) is 0 Å². The zero-order valence-electron chi connectivity index (χ0n) is 10.2. The Labute approximate surface area is 110 Å². The van der Waals surface area contributed by atoms with Gasteiger partial charge in [0.25, 0.3) is 0 Å². The minimum atomic E-state index is -4.08. The van der Waals surface area contributed by atoms with E-state index in [1.165, 1.54) is 19.2 Å². The number of aliphatic carboxylic acids is 1. The third-order valence-corrected chi connectivity index (χ3v) is 3.78. The Balaban J connectivity index is 2.91. The number of nitrogens with one attached hydrogen (secondary N) is 1. The van der Waals surface area contributed by atoms with Crippen LogP contribution < -0.4 is 4.72 Å². The van der Waals surface area contributed by atoms with Crippen LogP contribution in [-0.2, 0) is 19.6 Å². The molecule has 0 aliphatic rings. The van der Waals surface area contributed by atoms with Gasteiger partial charge in [-0.05, 0) is 24.6 Å². The first-order chi connectivity index (χ1) is 8.86. The predicted molar refractivity (Wildman–Crippen MR) is 64.6 cm³/mol. The van der Waals surface area contributed by atoms with Crippen molar-refractivity contribution in [1.82, 2.24) is 4.72 Å². The molecular weight excluding hydrogens is 277 g/mol. The standard InChI is InChI=1S/C11H14FNO5S/c1-18-6-5-10(11(14)15)13-19(16,17)9-4-2-3-8(12)7-9/h2-4,7,10,13H,5-6H2,1H3,(H,14,15). The minimum Gasteiger partial charge on any atom is -0.480 e. The smallest absolute Gasteiger partial charge is 0.321 e. The van der Waals surface area contributed by atoms with E-state index >= 15 is 0 Å². The second-order valence-corrected chi connectivity index (χ2v) is 5.46. The van der Waals surface area contributed by atoms with Crippen LogP contribution in [0.2, 0.25) is 0 Å².